The molecule has 1 aromatic heterocycles. The van der Waals surface area contributed by atoms with Crippen LogP contribution in [0.15, 0.2) is 54.6 Å². The number of aromatic nitrogens is 3. The van der Waals surface area contributed by atoms with E-state index in [4.69, 9.17) is 4.74 Å². The molecule has 0 spiro atoms. The number of nitrogens with zero attached hydrogens (tertiary/aromatic N) is 3. The third kappa shape index (κ3) is 3.31. The van der Waals surface area contributed by atoms with E-state index in [-0.39, 0.29) is 18.1 Å². The van der Waals surface area contributed by atoms with Gasteiger partial charge in [0.1, 0.15) is 11.5 Å². The average molecular weight is 326 g/mol. The van der Waals surface area contributed by atoms with Crippen molar-refractivity contribution in [2.75, 3.05) is 12.4 Å². The summed E-state index contributed by atoms with van der Waals surface area (Å²) in [6.45, 7) is 0.175. The number of carbonyl (C=O) groups excluding carboxylic acids is 1. The summed E-state index contributed by atoms with van der Waals surface area (Å²) in [5.74, 6) is -0.807. The van der Waals surface area contributed by atoms with Crippen LogP contribution in [-0.2, 0) is 11.3 Å². The Morgan fingerprint density at radius 2 is 1.88 bits per heavy atom. The first-order valence-corrected chi connectivity index (χ1v) is 7.25. The number of para-hydroxylation sites is 1. The topological polar surface area (TPSA) is 69.0 Å². The second kappa shape index (κ2) is 7.01. The lowest BCUT2D eigenvalue weighted by Crippen LogP contribution is -2.16. The van der Waals surface area contributed by atoms with Gasteiger partial charge in [-0.15, -0.1) is 5.10 Å². The molecule has 0 aliphatic carbocycles. The molecule has 3 rings (SSSR count). The van der Waals surface area contributed by atoms with Crippen molar-refractivity contribution in [2.45, 2.75) is 6.61 Å². The molecular weight excluding hydrogens is 311 g/mol. The first-order chi connectivity index (χ1) is 11.7. The zero-order valence-electron chi connectivity index (χ0n) is 12.9. The number of anilines is 1. The number of ether oxygens (including phenoxy) is 1. The molecule has 122 valence electrons. The predicted molar refractivity (Wildman–Crippen MR) is 86.4 cm³/mol. The van der Waals surface area contributed by atoms with E-state index in [1.807, 2.05) is 30.3 Å². The van der Waals surface area contributed by atoms with Gasteiger partial charge in [0.2, 0.25) is 0 Å². The van der Waals surface area contributed by atoms with Crippen LogP contribution in [0.3, 0.4) is 0 Å². The maximum atomic E-state index is 12.9. The predicted octanol–water partition coefficient (Wildman–Crippen LogP) is 2.81. The van der Waals surface area contributed by atoms with Crippen molar-refractivity contribution in [1.82, 2.24) is 15.0 Å². The molecule has 24 heavy (non-hydrogen) atoms. The fourth-order valence-corrected chi connectivity index (χ4v) is 2.24. The van der Waals surface area contributed by atoms with Crippen LogP contribution in [0, 0.1) is 5.82 Å². The largest absolute Gasteiger partial charge is 0.378 e. The smallest absolute Gasteiger partial charge is 0.278 e. The average Bonchev–Trinajstić information content (AvgIpc) is 3.02. The Labute approximate surface area is 137 Å². The molecular formula is C17H15FN4O2. The third-order valence-corrected chi connectivity index (χ3v) is 3.36. The van der Waals surface area contributed by atoms with E-state index in [0.717, 1.165) is 5.69 Å². The van der Waals surface area contributed by atoms with E-state index < -0.39 is 5.91 Å². The van der Waals surface area contributed by atoms with Crippen LogP contribution in [0.2, 0.25) is 0 Å². The summed E-state index contributed by atoms with van der Waals surface area (Å²) in [5.41, 5.74) is 1.94. The molecule has 0 aliphatic heterocycles. The van der Waals surface area contributed by atoms with Crippen LogP contribution >= 0.6 is 0 Å². The molecule has 1 amide bonds. The molecule has 1 N–H and O–H groups in total. The van der Waals surface area contributed by atoms with Crippen LogP contribution in [0.25, 0.3) is 5.69 Å². The minimum Gasteiger partial charge on any atom is -0.378 e. The van der Waals surface area contributed by atoms with Crippen molar-refractivity contribution in [3.05, 3.63) is 71.8 Å². The lowest BCUT2D eigenvalue weighted by Gasteiger charge is -2.08. The zero-order chi connectivity index (χ0) is 16.9. The van der Waals surface area contributed by atoms with Crippen LogP contribution in [0.5, 0.6) is 0 Å². The molecule has 0 atom stereocenters. The highest BCUT2D eigenvalue weighted by Gasteiger charge is 2.20. The number of nitrogens with one attached hydrogen (secondary N) is 1. The summed E-state index contributed by atoms with van der Waals surface area (Å²) in [6.07, 6.45) is 0. The summed E-state index contributed by atoms with van der Waals surface area (Å²) < 4.78 is 19.7. The standard InChI is InChI=1S/C17H15FN4O2/c1-24-11-15-16(17(23)19-13-9-7-12(18)8-10-13)20-21-22(15)14-5-3-2-4-6-14/h2-10H,11H2,1H3,(H,19,23). The van der Waals surface area contributed by atoms with Gasteiger partial charge >= 0.3 is 0 Å². The fourth-order valence-electron chi connectivity index (χ4n) is 2.24. The van der Waals surface area contributed by atoms with Crippen molar-refractivity contribution in [2.24, 2.45) is 0 Å². The Morgan fingerprint density at radius 1 is 1.17 bits per heavy atom. The highest BCUT2D eigenvalue weighted by Crippen LogP contribution is 2.16. The Bertz CT molecular complexity index is 832. The first kappa shape index (κ1) is 15.8. The number of carbonyl (C=O) groups is 1. The van der Waals surface area contributed by atoms with Gasteiger partial charge in [0, 0.05) is 12.8 Å². The molecule has 6 nitrogen and oxygen atoms in total. The second-order valence-electron chi connectivity index (χ2n) is 5.03. The summed E-state index contributed by atoms with van der Waals surface area (Å²) in [4.78, 5) is 12.5. The van der Waals surface area contributed by atoms with E-state index >= 15 is 0 Å². The SMILES string of the molecule is COCc1c(C(=O)Nc2ccc(F)cc2)nnn1-c1ccccc1. The van der Waals surface area contributed by atoms with Crippen LogP contribution in [0.4, 0.5) is 10.1 Å². The maximum absolute atomic E-state index is 12.9. The van der Waals surface area contributed by atoms with Crippen molar-refractivity contribution in [3.63, 3.8) is 0 Å². The molecule has 0 fully saturated rings. The van der Waals surface area contributed by atoms with Gasteiger partial charge in [-0.05, 0) is 36.4 Å². The van der Waals surface area contributed by atoms with Crippen LogP contribution in [-0.4, -0.2) is 28.0 Å². The van der Waals surface area contributed by atoms with Gasteiger partial charge < -0.3 is 10.1 Å². The van der Waals surface area contributed by atoms with Gasteiger partial charge in [-0.25, -0.2) is 9.07 Å². The second-order valence-corrected chi connectivity index (χ2v) is 5.03. The third-order valence-electron chi connectivity index (χ3n) is 3.36. The van der Waals surface area contributed by atoms with E-state index in [9.17, 15) is 9.18 Å². The number of benzene rings is 2. The van der Waals surface area contributed by atoms with Crippen molar-refractivity contribution < 1.29 is 13.9 Å². The Balaban J connectivity index is 1.91. The van der Waals surface area contributed by atoms with E-state index in [2.05, 4.69) is 15.6 Å². The quantitative estimate of drug-likeness (QED) is 0.783. The Hall–Kier alpha value is -3.06. The van der Waals surface area contributed by atoms with Gasteiger partial charge in [-0.1, -0.05) is 23.4 Å². The van der Waals surface area contributed by atoms with Crippen molar-refractivity contribution in [1.29, 1.82) is 0 Å². The number of halogens is 1. The van der Waals surface area contributed by atoms with Crippen LogP contribution < -0.4 is 5.32 Å². The van der Waals surface area contributed by atoms with E-state index in [1.165, 1.54) is 31.4 Å². The molecule has 1 heterocycles. The fraction of sp³-hybridized carbons (Fsp3) is 0.118. The van der Waals surface area contributed by atoms with Gasteiger partial charge in [0.15, 0.2) is 5.69 Å². The molecule has 0 bridgehead atoms. The zero-order valence-corrected chi connectivity index (χ0v) is 12.9. The minimum atomic E-state index is -0.434. The van der Waals surface area contributed by atoms with Crippen LogP contribution in [0.1, 0.15) is 16.2 Å². The molecule has 0 unspecified atom stereocenters. The van der Waals surface area contributed by atoms with Crippen molar-refractivity contribution >= 4 is 11.6 Å². The Morgan fingerprint density at radius 3 is 2.54 bits per heavy atom. The summed E-state index contributed by atoms with van der Waals surface area (Å²) >= 11 is 0. The highest BCUT2D eigenvalue weighted by molar-refractivity contribution is 6.03. The number of hydrogen-bond donors (Lipinski definition) is 1. The summed E-state index contributed by atoms with van der Waals surface area (Å²) in [5, 5.41) is 10.7. The van der Waals surface area contributed by atoms with E-state index in [1.54, 1.807) is 4.68 Å². The normalized spacial score (nSPS) is 10.6. The van der Waals surface area contributed by atoms with Gasteiger partial charge in [-0.2, -0.15) is 0 Å². The number of hydrogen-bond acceptors (Lipinski definition) is 4. The first-order valence-electron chi connectivity index (χ1n) is 7.25. The highest BCUT2D eigenvalue weighted by atomic mass is 19.1. The lowest BCUT2D eigenvalue weighted by molar-refractivity contribution is 0.101. The number of amides is 1. The molecule has 7 heteroatoms. The molecule has 0 saturated heterocycles. The molecule has 0 radical (unpaired) electrons. The molecule has 0 saturated carbocycles. The summed E-state index contributed by atoms with van der Waals surface area (Å²) in [6, 6.07) is 14.8. The monoisotopic (exact) mass is 326 g/mol. The minimum absolute atomic E-state index is 0.157. The number of rotatable bonds is 5. The maximum Gasteiger partial charge on any atom is 0.278 e. The Kier molecular flexibility index (Phi) is 4.62. The van der Waals surface area contributed by atoms with Gasteiger partial charge in [0.25, 0.3) is 5.91 Å². The van der Waals surface area contributed by atoms with Gasteiger partial charge in [0.05, 0.1) is 12.3 Å². The molecule has 0 aliphatic rings. The number of methoxy groups -OCH3 is 1. The summed E-state index contributed by atoms with van der Waals surface area (Å²) in [7, 11) is 1.53. The molecule has 3 aromatic rings. The van der Waals surface area contributed by atoms with E-state index in [0.29, 0.717) is 11.4 Å². The lowest BCUT2D eigenvalue weighted by atomic mass is 10.2. The van der Waals surface area contributed by atoms with Gasteiger partial charge in [-0.3, -0.25) is 4.79 Å². The molecule has 2 aromatic carbocycles. The van der Waals surface area contributed by atoms with Crippen molar-refractivity contribution in [3.8, 4) is 5.69 Å².